The van der Waals surface area contributed by atoms with Gasteiger partial charge in [0.2, 0.25) is 11.8 Å². The van der Waals surface area contributed by atoms with E-state index < -0.39 is 28.6 Å². The number of aromatic nitrogens is 2. The number of nitrogens with zero attached hydrogens (tertiary/aromatic N) is 2. The van der Waals surface area contributed by atoms with Gasteiger partial charge in [0.15, 0.2) is 0 Å². The molecule has 0 aliphatic carbocycles. The van der Waals surface area contributed by atoms with Crippen molar-refractivity contribution in [2.75, 3.05) is 10.6 Å². The van der Waals surface area contributed by atoms with Gasteiger partial charge in [0, 0.05) is 24.9 Å². The second-order valence-corrected chi connectivity index (χ2v) is 11.0. The third-order valence-electron chi connectivity index (χ3n) is 6.09. The van der Waals surface area contributed by atoms with E-state index in [1.54, 1.807) is 39.0 Å². The molecule has 40 heavy (non-hydrogen) atoms. The van der Waals surface area contributed by atoms with Gasteiger partial charge in [-0.1, -0.05) is 31.5 Å². The van der Waals surface area contributed by atoms with Gasteiger partial charge < -0.3 is 15.4 Å². The van der Waals surface area contributed by atoms with E-state index in [0.717, 1.165) is 16.8 Å². The quantitative estimate of drug-likeness (QED) is 0.309. The highest BCUT2D eigenvalue weighted by Crippen LogP contribution is 2.32. The van der Waals surface area contributed by atoms with Gasteiger partial charge in [-0.2, -0.15) is 13.2 Å². The van der Waals surface area contributed by atoms with Crippen LogP contribution in [0, 0.1) is 12.3 Å². The number of alkyl halides is 3. The van der Waals surface area contributed by atoms with Crippen molar-refractivity contribution in [2.24, 2.45) is 12.5 Å². The average molecular weight is 581 g/mol. The Kier molecular flexibility index (Phi) is 9.08. The molecule has 216 valence electrons. The summed E-state index contributed by atoms with van der Waals surface area (Å²) < 4.78 is 47.8. The smallest absolute Gasteiger partial charge is 0.416 e. The van der Waals surface area contributed by atoms with E-state index in [4.69, 9.17) is 16.3 Å². The van der Waals surface area contributed by atoms with E-state index in [1.165, 1.54) is 23.9 Å². The van der Waals surface area contributed by atoms with Crippen LogP contribution in [0.1, 0.15) is 51.8 Å². The van der Waals surface area contributed by atoms with Gasteiger partial charge in [-0.3, -0.25) is 19.1 Å². The van der Waals surface area contributed by atoms with E-state index in [2.05, 4.69) is 10.6 Å². The molecular formula is C28H32ClF3N4O4. The van der Waals surface area contributed by atoms with Gasteiger partial charge in [0.1, 0.15) is 11.4 Å². The second-order valence-electron chi connectivity index (χ2n) is 10.6. The van der Waals surface area contributed by atoms with Crippen LogP contribution in [-0.2, 0) is 22.8 Å². The molecule has 2 amide bonds. The Bertz CT molecular complexity index is 1480. The minimum atomic E-state index is -4.58. The first-order valence-electron chi connectivity index (χ1n) is 12.5. The molecule has 0 bridgehead atoms. The van der Waals surface area contributed by atoms with Gasteiger partial charge >= 0.3 is 6.18 Å². The van der Waals surface area contributed by atoms with Crippen molar-refractivity contribution >= 4 is 34.8 Å². The number of halogens is 4. The number of ether oxygens (including phenoxy) is 1. The maximum atomic E-state index is 13.2. The summed E-state index contributed by atoms with van der Waals surface area (Å²) in [5, 5.41) is 5.78. The molecule has 0 aliphatic heterocycles. The fraction of sp³-hybridized carbons (Fsp3) is 0.393. The van der Waals surface area contributed by atoms with Gasteiger partial charge in [0.05, 0.1) is 28.7 Å². The van der Waals surface area contributed by atoms with Crippen LogP contribution in [0.5, 0.6) is 5.75 Å². The van der Waals surface area contributed by atoms with E-state index in [-0.39, 0.29) is 36.2 Å². The largest absolute Gasteiger partial charge is 0.489 e. The second kappa shape index (κ2) is 11.8. The zero-order valence-corrected chi connectivity index (χ0v) is 23.8. The molecule has 12 heteroatoms. The fourth-order valence-electron chi connectivity index (χ4n) is 4.22. The third kappa shape index (κ3) is 7.47. The zero-order valence-electron chi connectivity index (χ0n) is 23.1. The molecule has 2 aromatic carbocycles. The van der Waals surface area contributed by atoms with Crippen LogP contribution in [0.4, 0.5) is 24.5 Å². The summed E-state index contributed by atoms with van der Waals surface area (Å²) in [6, 6.07) is 9.24. The van der Waals surface area contributed by atoms with Crippen molar-refractivity contribution in [1.29, 1.82) is 0 Å². The lowest BCUT2D eigenvalue weighted by atomic mass is 9.85. The zero-order chi connectivity index (χ0) is 30.0. The molecule has 0 aliphatic rings. The molecule has 2 N–H and O–H groups in total. The van der Waals surface area contributed by atoms with E-state index in [1.807, 2.05) is 13.8 Å². The van der Waals surface area contributed by atoms with Crippen LogP contribution in [0.2, 0.25) is 5.02 Å². The predicted molar refractivity (Wildman–Crippen MR) is 148 cm³/mol. The van der Waals surface area contributed by atoms with Crippen molar-refractivity contribution in [3.8, 4) is 11.4 Å². The number of carbonyl (C=O) groups is 2. The number of rotatable bonds is 9. The number of hydrogen-bond acceptors (Lipinski definition) is 4. The summed E-state index contributed by atoms with van der Waals surface area (Å²) in [7, 11) is 1.51. The van der Waals surface area contributed by atoms with E-state index in [0.29, 0.717) is 22.2 Å². The van der Waals surface area contributed by atoms with Crippen molar-refractivity contribution < 1.29 is 27.5 Å². The van der Waals surface area contributed by atoms with Crippen LogP contribution in [0.25, 0.3) is 5.69 Å². The molecule has 3 aromatic rings. The van der Waals surface area contributed by atoms with Gasteiger partial charge in [-0.05, 0) is 62.6 Å². The first kappa shape index (κ1) is 30.8. The lowest BCUT2D eigenvalue weighted by molar-refractivity contribution is -0.137. The van der Waals surface area contributed by atoms with Gasteiger partial charge in [-0.15, -0.1) is 0 Å². The highest BCUT2D eigenvalue weighted by atomic mass is 35.5. The molecule has 0 radical (unpaired) electrons. The van der Waals surface area contributed by atoms with Crippen molar-refractivity contribution in [3.63, 3.8) is 0 Å². The lowest BCUT2D eigenvalue weighted by Crippen LogP contribution is -2.29. The maximum Gasteiger partial charge on any atom is 0.416 e. The van der Waals surface area contributed by atoms with Crippen LogP contribution in [-0.4, -0.2) is 27.3 Å². The van der Waals surface area contributed by atoms with E-state index >= 15 is 0 Å². The molecule has 0 fully saturated rings. The van der Waals surface area contributed by atoms with Crippen LogP contribution >= 0.6 is 11.6 Å². The molecular weight excluding hydrogens is 549 g/mol. The molecule has 0 spiro atoms. The summed E-state index contributed by atoms with van der Waals surface area (Å²) in [6.07, 6.45) is -4.85. The Morgan fingerprint density at radius 2 is 1.65 bits per heavy atom. The molecule has 0 saturated heterocycles. The Morgan fingerprint density at radius 3 is 2.25 bits per heavy atom. The van der Waals surface area contributed by atoms with Crippen LogP contribution in [0.3, 0.4) is 0 Å². The van der Waals surface area contributed by atoms with Crippen LogP contribution in [0.15, 0.2) is 47.3 Å². The topological polar surface area (TPSA) is 94.4 Å². The number of carbonyl (C=O) groups excluding carboxylic acids is 2. The minimum absolute atomic E-state index is 0.00440. The number of nitrogens with one attached hydrogen (secondary N) is 2. The third-order valence-corrected chi connectivity index (χ3v) is 6.33. The maximum absolute atomic E-state index is 13.2. The number of benzene rings is 2. The Morgan fingerprint density at radius 1 is 1.02 bits per heavy atom. The highest BCUT2D eigenvalue weighted by Gasteiger charge is 2.31. The standard InChI is InChI=1S/C28H32ClF3N4O4/c1-16(2)40-22-11-10-19(29)13-21(22)33-23(37)14-27(4,5)15-24(38)34-25-17(3)35(6)36(26(25)39)20-9-7-8-18(12-20)28(30,31)32/h7-13,16H,14-15H2,1-6H3,(H,33,37)(H,34,38). The average Bonchev–Trinajstić information content (AvgIpc) is 3.02. The molecule has 1 heterocycles. The summed E-state index contributed by atoms with van der Waals surface area (Å²) in [5.74, 6) is -0.428. The molecule has 0 atom stereocenters. The minimum Gasteiger partial charge on any atom is -0.489 e. The number of amides is 2. The number of hydrogen-bond donors (Lipinski definition) is 2. The summed E-state index contributed by atoms with van der Waals surface area (Å²) in [6.45, 7) is 8.74. The summed E-state index contributed by atoms with van der Waals surface area (Å²) in [5.41, 5.74) is -1.69. The van der Waals surface area contributed by atoms with E-state index in [9.17, 15) is 27.6 Å². The Labute approximate surface area is 235 Å². The Hall–Kier alpha value is -3.73. The van der Waals surface area contributed by atoms with Gasteiger partial charge in [-0.25, -0.2) is 4.68 Å². The molecule has 8 nitrogen and oxygen atoms in total. The molecule has 3 rings (SSSR count). The number of anilines is 2. The molecule has 0 saturated carbocycles. The normalized spacial score (nSPS) is 12.0. The predicted octanol–water partition coefficient (Wildman–Crippen LogP) is 6.33. The first-order chi connectivity index (χ1) is 18.5. The van der Waals surface area contributed by atoms with Gasteiger partial charge in [0.25, 0.3) is 5.56 Å². The van der Waals surface area contributed by atoms with Crippen molar-refractivity contribution in [1.82, 2.24) is 9.36 Å². The molecule has 0 unspecified atom stereocenters. The van der Waals surface area contributed by atoms with Crippen LogP contribution < -0.4 is 20.9 Å². The molecule has 1 aromatic heterocycles. The summed E-state index contributed by atoms with van der Waals surface area (Å²) >= 11 is 6.08. The fourth-order valence-corrected chi connectivity index (χ4v) is 4.40. The Balaban J connectivity index is 1.74. The lowest BCUT2D eigenvalue weighted by Gasteiger charge is -2.23. The monoisotopic (exact) mass is 580 g/mol. The van der Waals surface area contributed by atoms with Crippen molar-refractivity contribution in [2.45, 2.75) is 59.7 Å². The first-order valence-corrected chi connectivity index (χ1v) is 12.9. The summed E-state index contributed by atoms with van der Waals surface area (Å²) in [4.78, 5) is 38.9. The van der Waals surface area contributed by atoms with Crippen molar-refractivity contribution in [3.05, 3.63) is 69.1 Å². The SMILES string of the molecule is Cc1c(NC(=O)CC(C)(C)CC(=O)Nc2cc(Cl)ccc2OC(C)C)c(=O)n(-c2cccc(C(F)(F)F)c2)n1C. The highest BCUT2D eigenvalue weighted by molar-refractivity contribution is 6.31.